The zero-order chi connectivity index (χ0) is 19.8. The molecular weight excluding hydrogens is 364 g/mol. The highest BCUT2D eigenvalue weighted by molar-refractivity contribution is 5.89. The van der Waals surface area contributed by atoms with Gasteiger partial charge in [-0.2, -0.15) is 0 Å². The fourth-order valence-electron chi connectivity index (χ4n) is 3.37. The van der Waals surface area contributed by atoms with Gasteiger partial charge in [0.25, 0.3) is 5.56 Å². The zero-order valence-corrected chi connectivity index (χ0v) is 15.6. The van der Waals surface area contributed by atoms with Crippen molar-refractivity contribution in [3.8, 4) is 28.3 Å². The van der Waals surface area contributed by atoms with E-state index in [0.29, 0.717) is 16.9 Å². The number of hydrogen-bond acceptors (Lipinski definition) is 5. The number of aromatic nitrogens is 4. The maximum absolute atomic E-state index is 12.2. The smallest absolute Gasteiger partial charge is 0.292 e. The van der Waals surface area contributed by atoms with Crippen LogP contribution in [-0.4, -0.2) is 27.0 Å². The molecule has 0 fully saturated rings. The minimum atomic E-state index is -0.335. The minimum Gasteiger partial charge on any atom is -0.491 e. The largest absolute Gasteiger partial charge is 0.491 e. The predicted octanol–water partition coefficient (Wildman–Crippen LogP) is 4.21. The molecule has 2 aromatic carbocycles. The molecule has 0 atom stereocenters. The van der Waals surface area contributed by atoms with Crippen LogP contribution in [-0.2, 0) is 0 Å². The Labute approximate surface area is 165 Å². The van der Waals surface area contributed by atoms with Gasteiger partial charge in [-0.05, 0) is 18.2 Å². The molecule has 5 rings (SSSR count). The van der Waals surface area contributed by atoms with Gasteiger partial charge in [-0.15, -0.1) is 0 Å². The second-order valence-corrected chi connectivity index (χ2v) is 6.60. The summed E-state index contributed by atoms with van der Waals surface area (Å²) >= 11 is 0. The van der Waals surface area contributed by atoms with E-state index >= 15 is 0 Å². The molecule has 0 amide bonds. The van der Waals surface area contributed by atoms with Crippen LogP contribution in [0.15, 0.2) is 77.7 Å². The summed E-state index contributed by atoms with van der Waals surface area (Å²) in [5, 5.41) is 1.02. The number of nitrogens with zero attached hydrogens (tertiary/aromatic N) is 3. The van der Waals surface area contributed by atoms with Crippen molar-refractivity contribution in [3.05, 3.63) is 83.3 Å². The van der Waals surface area contributed by atoms with E-state index in [-0.39, 0.29) is 11.3 Å². The van der Waals surface area contributed by atoms with Crippen molar-refractivity contribution in [1.82, 2.24) is 19.9 Å². The zero-order valence-electron chi connectivity index (χ0n) is 15.6. The first-order valence-corrected chi connectivity index (χ1v) is 9.12. The van der Waals surface area contributed by atoms with Crippen LogP contribution in [0.4, 0.5) is 0 Å². The van der Waals surface area contributed by atoms with Gasteiger partial charge in [0.1, 0.15) is 5.52 Å². The number of hydrogen-bond donors (Lipinski definition) is 1. The number of ether oxygens (including phenoxy) is 1. The van der Waals surface area contributed by atoms with E-state index in [9.17, 15) is 4.79 Å². The van der Waals surface area contributed by atoms with Crippen molar-refractivity contribution in [1.29, 1.82) is 0 Å². The standard InChI is InChI=1S/C23H16N4O2/c1-29-19-13-18-22(27-23(19)28)26-20(14-6-3-2-4-7-14)21(25-18)16-9-10-17-15(12-16)8-5-11-24-17/h2-13H,1H3,(H,26,27,28). The number of rotatable bonds is 3. The number of benzene rings is 2. The molecule has 140 valence electrons. The number of nitrogens with one attached hydrogen (secondary N) is 1. The van der Waals surface area contributed by atoms with Gasteiger partial charge in [-0.3, -0.25) is 9.78 Å². The molecule has 0 radical (unpaired) electrons. The summed E-state index contributed by atoms with van der Waals surface area (Å²) in [7, 11) is 1.46. The SMILES string of the molecule is COc1cc2nc(-c3ccc4ncccc4c3)c(-c3ccccc3)nc2[nH]c1=O. The Hall–Kier alpha value is -4.06. The summed E-state index contributed by atoms with van der Waals surface area (Å²) in [6.07, 6.45) is 1.77. The molecule has 29 heavy (non-hydrogen) atoms. The molecule has 0 bridgehead atoms. The van der Waals surface area contributed by atoms with Crippen molar-refractivity contribution in [2.24, 2.45) is 0 Å². The lowest BCUT2D eigenvalue weighted by atomic mass is 10.0. The Morgan fingerprint density at radius 2 is 1.66 bits per heavy atom. The average Bonchev–Trinajstić information content (AvgIpc) is 2.78. The van der Waals surface area contributed by atoms with Crippen LogP contribution in [0.25, 0.3) is 44.6 Å². The quantitative estimate of drug-likeness (QED) is 0.507. The molecule has 0 saturated carbocycles. The first kappa shape index (κ1) is 17.1. The van der Waals surface area contributed by atoms with Gasteiger partial charge in [0.2, 0.25) is 0 Å². The second kappa shape index (κ2) is 6.83. The van der Waals surface area contributed by atoms with Crippen LogP contribution in [0.2, 0.25) is 0 Å². The lowest BCUT2D eigenvalue weighted by Gasteiger charge is -2.11. The van der Waals surface area contributed by atoms with Gasteiger partial charge in [0.05, 0.1) is 24.0 Å². The van der Waals surface area contributed by atoms with Gasteiger partial charge in [0, 0.05) is 28.8 Å². The third-order valence-corrected chi connectivity index (χ3v) is 4.79. The number of methoxy groups -OCH3 is 1. The van der Waals surface area contributed by atoms with E-state index in [0.717, 1.165) is 27.7 Å². The summed E-state index contributed by atoms with van der Waals surface area (Å²) in [6.45, 7) is 0. The van der Waals surface area contributed by atoms with Crippen LogP contribution in [0.3, 0.4) is 0 Å². The van der Waals surface area contributed by atoms with Gasteiger partial charge < -0.3 is 9.72 Å². The third kappa shape index (κ3) is 3.00. The fraction of sp³-hybridized carbons (Fsp3) is 0.0435. The molecule has 6 heteroatoms. The molecule has 0 unspecified atom stereocenters. The summed E-state index contributed by atoms with van der Waals surface area (Å²) < 4.78 is 5.15. The summed E-state index contributed by atoms with van der Waals surface area (Å²) in [5.74, 6) is 0.202. The fourth-order valence-corrected chi connectivity index (χ4v) is 3.37. The lowest BCUT2D eigenvalue weighted by Crippen LogP contribution is -2.10. The van der Waals surface area contributed by atoms with Crippen molar-refractivity contribution in [2.45, 2.75) is 0 Å². The van der Waals surface area contributed by atoms with E-state index in [2.05, 4.69) is 9.97 Å². The molecule has 0 aliphatic carbocycles. The Morgan fingerprint density at radius 3 is 2.48 bits per heavy atom. The highest BCUT2D eigenvalue weighted by Gasteiger charge is 2.15. The predicted molar refractivity (Wildman–Crippen MR) is 113 cm³/mol. The topological polar surface area (TPSA) is 80.8 Å². The molecule has 0 aliphatic rings. The normalized spacial score (nSPS) is 11.1. The Morgan fingerprint density at radius 1 is 0.828 bits per heavy atom. The van der Waals surface area contributed by atoms with E-state index < -0.39 is 0 Å². The van der Waals surface area contributed by atoms with Crippen LogP contribution in [0.5, 0.6) is 5.75 Å². The van der Waals surface area contributed by atoms with Crippen LogP contribution in [0, 0.1) is 0 Å². The Bertz CT molecular complexity index is 1410. The third-order valence-electron chi connectivity index (χ3n) is 4.79. The van der Waals surface area contributed by atoms with E-state index in [1.165, 1.54) is 7.11 Å². The van der Waals surface area contributed by atoms with E-state index in [1.807, 2.05) is 60.7 Å². The van der Waals surface area contributed by atoms with Gasteiger partial charge in [-0.25, -0.2) is 9.97 Å². The molecule has 0 aliphatic heterocycles. The first-order valence-electron chi connectivity index (χ1n) is 9.12. The number of pyridine rings is 2. The van der Waals surface area contributed by atoms with Crippen molar-refractivity contribution >= 4 is 22.1 Å². The minimum absolute atomic E-state index is 0.202. The van der Waals surface area contributed by atoms with Gasteiger partial charge >= 0.3 is 0 Å². The second-order valence-electron chi connectivity index (χ2n) is 6.60. The molecule has 5 aromatic rings. The first-order chi connectivity index (χ1) is 14.2. The molecular formula is C23H16N4O2. The number of fused-ring (bicyclic) bond motifs is 2. The van der Waals surface area contributed by atoms with E-state index in [1.54, 1.807) is 12.3 Å². The van der Waals surface area contributed by atoms with Gasteiger partial charge in [-0.1, -0.05) is 42.5 Å². The molecule has 3 aromatic heterocycles. The van der Waals surface area contributed by atoms with Crippen LogP contribution < -0.4 is 10.3 Å². The monoisotopic (exact) mass is 380 g/mol. The van der Waals surface area contributed by atoms with Crippen LogP contribution in [0.1, 0.15) is 0 Å². The lowest BCUT2D eigenvalue weighted by molar-refractivity contribution is 0.409. The maximum atomic E-state index is 12.2. The van der Waals surface area contributed by atoms with Crippen molar-refractivity contribution in [2.75, 3.05) is 7.11 Å². The highest BCUT2D eigenvalue weighted by atomic mass is 16.5. The summed E-state index contributed by atoms with van der Waals surface area (Å²) in [4.78, 5) is 28.9. The summed E-state index contributed by atoms with van der Waals surface area (Å²) in [6, 6.07) is 21.3. The Balaban J connectivity index is 1.83. The molecule has 6 nitrogen and oxygen atoms in total. The van der Waals surface area contributed by atoms with Crippen LogP contribution >= 0.6 is 0 Å². The highest BCUT2D eigenvalue weighted by Crippen LogP contribution is 2.32. The molecule has 1 N–H and O–H groups in total. The van der Waals surface area contributed by atoms with Crippen molar-refractivity contribution in [3.63, 3.8) is 0 Å². The van der Waals surface area contributed by atoms with E-state index in [4.69, 9.17) is 14.7 Å². The Kier molecular flexibility index (Phi) is 4.02. The van der Waals surface area contributed by atoms with Gasteiger partial charge in [0.15, 0.2) is 11.4 Å². The molecule has 0 spiro atoms. The molecule has 0 saturated heterocycles. The maximum Gasteiger partial charge on any atom is 0.292 e. The number of aromatic amines is 1. The van der Waals surface area contributed by atoms with Crippen molar-refractivity contribution < 1.29 is 4.74 Å². The summed E-state index contributed by atoms with van der Waals surface area (Å²) in [5.41, 5.74) is 4.81. The average molecular weight is 380 g/mol. The molecule has 3 heterocycles. The number of H-pyrrole nitrogens is 1.